The summed E-state index contributed by atoms with van der Waals surface area (Å²) in [5.41, 5.74) is 0. The predicted octanol–water partition coefficient (Wildman–Crippen LogP) is 2.15. The number of aromatic nitrogens is 4. The van der Waals surface area contributed by atoms with E-state index in [0.29, 0.717) is 0 Å². The maximum absolute atomic E-state index is 4.50. The molecule has 0 aromatic carbocycles. The van der Waals surface area contributed by atoms with Crippen molar-refractivity contribution in [3.8, 4) is 0 Å². The average Bonchev–Trinajstić information content (AvgIpc) is 2.80. The van der Waals surface area contributed by atoms with E-state index < -0.39 is 0 Å². The Labute approximate surface area is 174 Å². The smallest absolute Gasteiger partial charge is 0.225 e. The number of unbranched alkanes of at least 4 members (excludes halogenated alkanes) is 1. The highest BCUT2D eigenvalue weighted by molar-refractivity contribution is 5.51. The van der Waals surface area contributed by atoms with E-state index in [2.05, 4.69) is 66.5 Å². The van der Waals surface area contributed by atoms with E-state index in [0.717, 1.165) is 69.9 Å². The van der Waals surface area contributed by atoms with Crippen LogP contribution in [0.25, 0.3) is 0 Å². The van der Waals surface area contributed by atoms with Crippen molar-refractivity contribution in [3.63, 3.8) is 0 Å². The molecular weight excluding hydrogens is 364 g/mol. The van der Waals surface area contributed by atoms with Gasteiger partial charge >= 0.3 is 0 Å². The molecule has 2 fully saturated rings. The monoisotopic (exact) mass is 398 g/mol. The lowest BCUT2D eigenvalue weighted by Gasteiger charge is -2.36. The fourth-order valence-corrected chi connectivity index (χ4v) is 3.31. The van der Waals surface area contributed by atoms with Crippen molar-refractivity contribution in [2.24, 2.45) is 0 Å². The van der Waals surface area contributed by atoms with Crippen molar-refractivity contribution < 1.29 is 0 Å². The molecule has 8 nitrogen and oxygen atoms in total. The molecule has 0 atom stereocenters. The summed E-state index contributed by atoms with van der Waals surface area (Å²) < 4.78 is 0. The Hall–Kier alpha value is -2.48. The molecule has 2 aliphatic heterocycles. The summed E-state index contributed by atoms with van der Waals surface area (Å²) >= 11 is 0. The molecule has 0 bridgehead atoms. The largest absolute Gasteiger partial charge is 0.354 e. The van der Waals surface area contributed by atoms with Crippen LogP contribution >= 0.6 is 0 Å². The zero-order valence-corrected chi connectivity index (χ0v) is 18.0. The topological polar surface area (TPSA) is 64.5 Å². The van der Waals surface area contributed by atoms with Crippen molar-refractivity contribution in [1.29, 1.82) is 0 Å². The van der Waals surface area contributed by atoms with Crippen LogP contribution in [0.4, 0.5) is 17.6 Å². The van der Waals surface area contributed by atoms with Crippen molar-refractivity contribution in [3.05, 3.63) is 30.9 Å². The molecule has 0 aliphatic carbocycles. The average molecular weight is 399 g/mol. The third kappa shape index (κ3) is 6.00. The number of anilines is 3. The molecule has 2 aromatic heterocycles. The highest BCUT2D eigenvalue weighted by Gasteiger charge is 2.21. The molecule has 0 N–H and O–H groups in total. The number of nitrogens with zero attached hydrogens (tertiary/aromatic N) is 8. The summed E-state index contributed by atoms with van der Waals surface area (Å²) in [6.07, 6.45) is 7.92. The lowest BCUT2D eigenvalue weighted by atomic mass is 10.3. The molecule has 4 rings (SSSR count). The van der Waals surface area contributed by atoms with Crippen molar-refractivity contribution >= 4 is 17.6 Å². The minimum Gasteiger partial charge on any atom is -0.354 e. The molecule has 4 heterocycles. The number of rotatable bonds is 4. The first-order valence-electron chi connectivity index (χ1n) is 10.7. The molecule has 2 aromatic rings. The van der Waals surface area contributed by atoms with Crippen LogP contribution in [0.2, 0.25) is 0 Å². The Morgan fingerprint density at radius 1 is 0.690 bits per heavy atom. The molecule has 0 amide bonds. The van der Waals surface area contributed by atoms with Crippen LogP contribution in [0.1, 0.15) is 26.7 Å². The first-order valence-corrected chi connectivity index (χ1v) is 10.7. The number of likely N-dealkylation sites (N-methyl/N-ethyl adjacent to an activating group) is 1. The van der Waals surface area contributed by atoms with Crippen LogP contribution in [0, 0.1) is 0 Å². The fourth-order valence-electron chi connectivity index (χ4n) is 3.31. The van der Waals surface area contributed by atoms with E-state index >= 15 is 0 Å². The maximum atomic E-state index is 4.50. The zero-order valence-electron chi connectivity index (χ0n) is 18.0. The first kappa shape index (κ1) is 21.2. The van der Waals surface area contributed by atoms with Gasteiger partial charge in [-0.2, -0.15) is 0 Å². The van der Waals surface area contributed by atoms with Crippen LogP contribution in [0.15, 0.2) is 30.9 Å². The fraction of sp³-hybridized carbons (Fsp3) is 0.619. The summed E-state index contributed by atoms with van der Waals surface area (Å²) in [5.74, 6) is 2.85. The van der Waals surface area contributed by atoms with Gasteiger partial charge in [0, 0.05) is 70.8 Å². The van der Waals surface area contributed by atoms with Gasteiger partial charge in [-0.15, -0.1) is 0 Å². The molecule has 2 saturated heterocycles. The quantitative estimate of drug-likeness (QED) is 0.776. The van der Waals surface area contributed by atoms with Crippen LogP contribution in [0.3, 0.4) is 0 Å². The maximum Gasteiger partial charge on any atom is 0.225 e. The van der Waals surface area contributed by atoms with Crippen LogP contribution in [0.5, 0.6) is 0 Å². The summed E-state index contributed by atoms with van der Waals surface area (Å²) in [5, 5.41) is 0. The van der Waals surface area contributed by atoms with E-state index in [9.17, 15) is 0 Å². The van der Waals surface area contributed by atoms with Gasteiger partial charge in [0.25, 0.3) is 0 Å². The predicted molar refractivity (Wildman–Crippen MR) is 119 cm³/mol. The summed E-state index contributed by atoms with van der Waals surface area (Å²) in [6.45, 7) is 12.2. The number of hydrogen-bond donors (Lipinski definition) is 0. The molecule has 158 valence electrons. The van der Waals surface area contributed by atoms with Crippen molar-refractivity contribution in [2.75, 3.05) is 74.1 Å². The van der Waals surface area contributed by atoms with Crippen molar-refractivity contribution in [1.82, 2.24) is 24.8 Å². The summed E-state index contributed by atoms with van der Waals surface area (Å²) in [7, 11) is 2.17. The lowest BCUT2D eigenvalue weighted by molar-refractivity contribution is 0.312. The number of hydrogen-bond acceptors (Lipinski definition) is 8. The number of piperazine rings is 2. The standard InChI is InChI=1S/C17H24N8.C4H10/c1-22-5-7-23(8-6-22)15-13-16(21-14-20-15)24-9-11-25(12-10-24)17-18-3-2-4-19-17;1-3-4-2/h2-4,13-14H,5-12H2,1H3;3-4H2,1-2H3. The third-order valence-electron chi connectivity index (χ3n) is 5.40. The highest BCUT2D eigenvalue weighted by atomic mass is 15.3. The molecule has 8 heteroatoms. The van der Waals surface area contributed by atoms with Gasteiger partial charge < -0.3 is 19.6 Å². The van der Waals surface area contributed by atoms with Gasteiger partial charge in [-0.1, -0.05) is 26.7 Å². The van der Waals surface area contributed by atoms with E-state index in [-0.39, 0.29) is 0 Å². The zero-order chi connectivity index (χ0) is 20.5. The van der Waals surface area contributed by atoms with Gasteiger partial charge in [-0.05, 0) is 13.1 Å². The minimum absolute atomic E-state index is 0.808. The molecule has 0 spiro atoms. The molecule has 29 heavy (non-hydrogen) atoms. The summed E-state index contributed by atoms with van der Waals surface area (Å²) in [6, 6.07) is 3.97. The molecule has 0 saturated carbocycles. The van der Waals surface area contributed by atoms with Crippen LogP contribution < -0.4 is 14.7 Å². The Morgan fingerprint density at radius 3 is 1.69 bits per heavy atom. The first-order chi connectivity index (χ1) is 14.2. The second-order valence-corrected chi connectivity index (χ2v) is 7.55. The molecule has 0 radical (unpaired) electrons. The van der Waals surface area contributed by atoms with E-state index in [1.165, 1.54) is 12.8 Å². The minimum atomic E-state index is 0.808. The van der Waals surface area contributed by atoms with E-state index in [4.69, 9.17) is 0 Å². The Bertz CT molecular complexity index is 708. The Morgan fingerprint density at radius 2 is 1.17 bits per heavy atom. The van der Waals surface area contributed by atoms with Gasteiger partial charge in [0.2, 0.25) is 5.95 Å². The lowest BCUT2D eigenvalue weighted by Crippen LogP contribution is -2.47. The summed E-state index contributed by atoms with van der Waals surface area (Å²) in [4.78, 5) is 26.9. The van der Waals surface area contributed by atoms with Gasteiger partial charge in [0.05, 0.1) is 0 Å². The molecular formula is C21H34N8. The second kappa shape index (κ2) is 10.9. The van der Waals surface area contributed by atoms with E-state index in [1.807, 2.05) is 6.07 Å². The molecule has 0 unspecified atom stereocenters. The van der Waals surface area contributed by atoms with Gasteiger partial charge in [-0.25, -0.2) is 19.9 Å². The Kier molecular flexibility index (Phi) is 7.98. The third-order valence-corrected chi connectivity index (χ3v) is 5.40. The highest BCUT2D eigenvalue weighted by Crippen LogP contribution is 2.20. The van der Waals surface area contributed by atoms with Crippen LogP contribution in [-0.4, -0.2) is 84.2 Å². The SMILES string of the molecule is CCCC.CN1CCN(c2cc(N3CCN(c4ncccn4)CC3)ncn2)CC1. The van der Waals surface area contributed by atoms with Gasteiger partial charge in [0.1, 0.15) is 18.0 Å². The second-order valence-electron chi connectivity index (χ2n) is 7.55. The normalized spacial score (nSPS) is 17.7. The van der Waals surface area contributed by atoms with Gasteiger partial charge in [-0.3, -0.25) is 0 Å². The van der Waals surface area contributed by atoms with E-state index in [1.54, 1.807) is 18.7 Å². The molecule has 2 aliphatic rings. The van der Waals surface area contributed by atoms with Gasteiger partial charge in [0.15, 0.2) is 0 Å². The Balaban J connectivity index is 0.000000552. The van der Waals surface area contributed by atoms with Crippen molar-refractivity contribution in [2.45, 2.75) is 26.7 Å². The van der Waals surface area contributed by atoms with Crippen LogP contribution in [-0.2, 0) is 0 Å².